The average Bonchev–Trinajstić information content (AvgIpc) is 2.91. The number of rotatable bonds is 3. The van der Waals surface area contributed by atoms with Crippen LogP contribution in [0.3, 0.4) is 0 Å². The molecule has 1 aromatic rings. The van der Waals surface area contributed by atoms with E-state index >= 15 is 0 Å². The van der Waals surface area contributed by atoms with Crippen molar-refractivity contribution in [2.75, 3.05) is 0 Å². The average molecular weight is 188 g/mol. The van der Waals surface area contributed by atoms with Crippen molar-refractivity contribution < 1.29 is 0 Å². The minimum atomic E-state index is 0.806. The first kappa shape index (κ1) is 8.45. The van der Waals surface area contributed by atoms with E-state index in [1.165, 1.54) is 29.5 Å². The summed E-state index contributed by atoms with van der Waals surface area (Å²) in [4.78, 5) is 0. The van der Waals surface area contributed by atoms with Crippen LogP contribution in [0.2, 0.25) is 0 Å². The minimum absolute atomic E-state index is 0.806. The maximum atomic E-state index is 3.57. The van der Waals surface area contributed by atoms with Crippen LogP contribution in [0.1, 0.15) is 29.5 Å². The predicted octanol–water partition coefficient (Wildman–Crippen LogP) is 1.54. The van der Waals surface area contributed by atoms with E-state index in [1.807, 2.05) is 0 Å². The third-order valence-electron chi connectivity index (χ3n) is 3.15. The number of hydrogen-bond acceptors (Lipinski definition) is 2. The van der Waals surface area contributed by atoms with Crippen molar-refractivity contribution >= 4 is 0 Å². The van der Waals surface area contributed by atoms with Crippen LogP contribution < -0.4 is 10.6 Å². The summed E-state index contributed by atoms with van der Waals surface area (Å²) in [5.41, 5.74) is 4.50. The highest BCUT2D eigenvalue weighted by atomic mass is 14.9. The third kappa shape index (κ3) is 1.56. The molecule has 1 saturated carbocycles. The topological polar surface area (TPSA) is 24.1 Å². The van der Waals surface area contributed by atoms with E-state index in [9.17, 15) is 0 Å². The van der Waals surface area contributed by atoms with Gasteiger partial charge in [-0.1, -0.05) is 18.2 Å². The monoisotopic (exact) mass is 188 g/mol. The van der Waals surface area contributed by atoms with Crippen LogP contribution in [-0.2, 0) is 19.6 Å². The normalized spacial score (nSPS) is 19.7. The van der Waals surface area contributed by atoms with Crippen LogP contribution in [0.15, 0.2) is 18.2 Å². The van der Waals surface area contributed by atoms with Gasteiger partial charge in [0.05, 0.1) is 0 Å². The molecule has 1 aliphatic carbocycles. The van der Waals surface area contributed by atoms with Gasteiger partial charge < -0.3 is 10.6 Å². The Labute approximate surface area is 84.7 Å². The smallest absolute Gasteiger partial charge is 0.0215 e. The van der Waals surface area contributed by atoms with Gasteiger partial charge in [-0.3, -0.25) is 0 Å². The van der Waals surface area contributed by atoms with Crippen molar-refractivity contribution in [1.82, 2.24) is 10.6 Å². The van der Waals surface area contributed by atoms with Crippen molar-refractivity contribution in [1.29, 1.82) is 0 Å². The molecule has 0 spiro atoms. The highest BCUT2D eigenvalue weighted by Gasteiger charge is 2.21. The summed E-state index contributed by atoms with van der Waals surface area (Å²) in [5.74, 6) is 0. The molecule has 1 fully saturated rings. The molecule has 1 aliphatic heterocycles. The summed E-state index contributed by atoms with van der Waals surface area (Å²) < 4.78 is 0. The second-order valence-electron chi connectivity index (χ2n) is 4.31. The fraction of sp³-hybridized carbons (Fsp3) is 0.500. The predicted molar refractivity (Wildman–Crippen MR) is 56.8 cm³/mol. The summed E-state index contributed by atoms with van der Waals surface area (Å²) >= 11 is 0. The molecule has 2 nitrogen and oxygen atoms in total. The van der Waals surface area contributed by atoms with Crippen LogP contribution in [0.4, 0.5) is 0 Å². The lowest BCUT2D eigenvalue weighted by atomic mass is 10.0. The lowest BCUT2D eigenvalue weighted by Gasteiger charge is -2.08. The molecule has 2 N–H and O–H groups in total. The molecule has 1 aromatic carbocycles. The fourth-order valence-electron chi connectivity index (χ4n) is 2.11. The summed E-state index contributed by atoms with van der Waals surface area (Å²) in [7, 11) is 0. The van der Waals surface area contributed by atoms with E-state index in [4.69, 9.17) is 0 Å². The highest BCUT2D eigenvalue weighted by Crippen LogP contribution is 2.22. The Hall–Kier alpha value is -0.860. The molecule has 0 unspecified atom stereocenters. The maximum absolute atomic E-state index is 3.57. The molecule has 14 heavy (non-hydrogen) atoms. The first-order valence-electron chi connectivity index (χ1n) is 5.47. The minimum Gasteiger partial charge on any atom is -0.310 e. The first-order chi connectivity index (χ1) is 6.93. The highest BCUT2D eigenvalue weighted by molar-refractivity contribution is 5.37. The SMILES string of the molecule is c1cc2c(c(CNC3CC3)c1)CNC2. The Morgan fingerprint density at radius 3 is 3.07 bits per heavy atom. The van der Waals surface area contributed by atoms with E-state index in [1.54, 1.807) is 0 Å². The number of benzene rings is 1. The van der Waals surface area contributed by atoms with Gasteiger partial charge in [-0.25, -0.2) is 0 Å². The van der Waals surface area contributed by atoms with Crippen molar-refractivity contribution in [3.8, 4) is 0 Å². The summed E-state index contributed by atoms with van der Waals surface area (Å²) in [6.45, 7) is 3.15. The quantitative estimate of drug-likeness (QED) is 0.752. The van der Waals surface area contributed by atoms with Gasteiger partial charge in [0.2, 0.25) is 0 Å². The molecule has 1 heterocycles. The van der Waals surface area contributed by atoms with Gasteiger partial charge in [-0.05, 0) is 29.5 Å². The fourth-order valence-corrected chi connectivity index (χ4v) is 2.11. The Morgan fingerprint density at radius 1 is 1.29 bits per heavy atom. The van der Waals surface area contributed by atoms with Crippen molar-refractivity contribution in [2.45, 2.75) is 38.5 Å². The molecule has 0 aromatic heterocycles. The molecule has 0 radical (unpaired) electrons. The Balaban J connectivity index is 1.78. The van der Waals surface area contributed by atoms with Gasteiger partial charge >= 0.3 is 0 Å². The maximum Gasteiger partial charge on any atom is 0.0215 e. The number of hydrogen-bond donors (Lipinski definition) is 2. The lowest BCUT2D eigenvalue weighted by Crippen LogP contribution is -2.16. The van der Waals surface area contributed by atoms with E-state index in [-0.39, 0.29) is 0 Å². The molecule has 74 valence electrons. The molecule has 0 amide bonds. The number of fused-ring (bicyclic) bond motifs is 1. The molecular weight excluding hydrogens is 172 g/mol. The van der Waals surface area contributed by atoms with Crippen molar-refractivity contribution in [3.63, 3.8) is 0 Å². The van der Waals surface area contributed by atoms with Crippen LogP contribution in [0.25, 0.3) is 0 Å². The van der Waals surface area contributed by atoms with Gasteiger partial charge in [-0.15, -0.1) is 0 Å². The molecule has 2 aliphatic rings. The second-order valence-corrected chi connectivity index (χ2v) is 4.31. The Morgan fingerprint density at radius 2 is 2.21 bits per heavy atom. The lowest BCUT2D eigenvalue weighted by molar-refractivity contribution is 0.680. The van der Waals surface area contributed by atoms with Gasteiger partial charge in [0.25, 0.3) is 0 Å². The van der Waals surface area contributed by atoms with E-state index in [0.717, 1.165) is 25.7 Å². The third-order valence-corrected chi connectivity index (χ3v) is 3.15. The summed E-state index contributed by atoms with van der Waals surface area (Å²) in [5, 5.41) is 6.98. The molecule has 0 bridgehead atoms. The van der Waals surface area contributed by atoms with Gasteiger partial charge in [0.1, 0.15) is 0 Å². The molecule has 2 heteroatoms. The molecule has 0 saturated heterocycles. The Bertz CT molecular complexity index is 342. The van der Waals surface area contributed by atoms with Crippen molar-refractivity contribution in [2.24, 2.45) is 0 Å². The van der Waals surface area contributed by atoms with Gasteiger partial charge in [0, 0.05) is 25.7 Å². The van der Waals surface area contributed by atoms with Crippen LogP contribution >= 0.6 is 0 Å². The first-order valence-corrected chi connectivity index (χ1v) is 5.47. The molecule has 0 atom stereocenters. The van der Waals surface area contributed by atoms with Crippen LogP contribution in [-0.4, -0.2) is 6.04 Å². The largest absolute Gasteiger partial charge is 0.310 e. The van der Waals surface area contributed by atoms with E-state index in [2.05, 4.69) is 28.8 Å². The van der Waals surface area contributed by atoms with E-state index < -0.39 is 0 Å². The Kier molecular flexibility index (Phi) is 2.03. The van der Waals surface area contributed by atoms with Crippen molar-refractivity contribution in [3.05, 3.63) is 34.9 Å². The van der Waals surface area contributed by atoms with E-state index in [0.29, 0.717) is 0 Å². The zero-order valence-electron chi connectivity index (χ0n) is 8.34. The van der Waals surface area contributed by atoms with Crippen LogP contribution in [0.5, 0.6) is 0 Å². The molecular formula is C12H16N2. The zero-order valence-corrected chi connectivity index (χ0v) is 8.34. The summed E-state index contributed by atoms with van der Waals surface area (Å²) in [6, 6.07) is 7.47. The van der Waals surface area contributed by atoms with Gasteiger partial charge in [0.15, 0.2) is 0 Å². The van der Waals surface area contributed by atoms with Crippen LogP contribution in [0, 0.1) is 0 Å². The number of nitrogens with one attached hydrogen (secondary N) is 2. The van der Waals surface area contributed by atoms with Gasteiger partial charge in [-0.2, -0.15) is 0 Å². The molecule has 3 rings (SSSR count). The second kappa shape index (κ2) is 3.37. The standard InChI is InChI=1S/C12H16N2/c1-2-9-6-13-8-12(9)10(3-1)7-14-11-4-5-11/h1-3,11,13-14H,4-8H2. The zero-order chi connectivity index (χ0) is 9.38. The summed E-state index contributed by atoms with van der Waals surface area (Å²) in [6.07, 6.45) is 2.74.